The molecule has 1 fully saturated rings. The van der Waals surface area contributed by atoms with Crippen molar-refractivity contribution in [3.05, 3.63) is 41.3 Å². The average Bonchev–Trinajstić information content (AvgIpc) is 3.18. The second-order valence-corrected chi connectivity index (χ2v) is 6.69. The zero-order valence-electron chi connectivity index (χ0n) is 14.7. The number of carbonyl (C=O) groups excluding carboxylic acids is 1. The highest BCUT2D eigenvalue weighted by Gasteiger charge is 2.27. The summed E-state index contributed by atoms with van der Waals surface area (Å²) in [5, 5.41) is 0. The number of hydrogen-bond donors (Lipinski definition) is 0. The van der Waals surface area contributed by atoms with Gasteiger partial charge in [-0.25, -0.2) is 9.37 Å². The van der Waals surface area contributed by atoms with Crippen molar-refractivity contribution < 1.29 is 13.9 Å². The van der Waals surface area contributed by atoms with E-state index in [-0.39, 0.29) is 11.7 Å². The van der Waals surface area contributed by atoms with Gasteiger partial charge in [-0.3, -0.25) is 4.79 Å². The molecule has 1 aromatic carbocycles. The molecule has 0 bridgehead atoms. The Morgan fingerprint density at radius 2 is 1.85 bits per heavy atom. The number of rotatable bonds is 3. The summed E-state index contributed by atoms with van der Waals surface area (Å²) in [6, 6.07) is 5.86. The van der Waals surface area contributed by atoms with Crippen molar-refractivity contribution >= 4 is 11.9 Å². The largest absolute Gasteiger partial charge is 0.438 e. The minimum Gasteiger partial charge on any atom is -0.438 e. The summed E-state index contributed by atoms with van der Waals surface area (Å²) in [6.07, 6.45) is 2.94. The second kappa shape index (κ2) is 6.90. The summed E-state index contributed by atoms with van der Waals surface area (Å²) in [7, 11) is 0. The summed E-state index contributed by atoms with van der Waals surface area (Å²) >= 11 is 0. The third kappa shape index (κ3) is 3.34. The smallest absolute Gasteiger partial charge is 0.229 e. The van der Waals surface area contributed by atoms with Gasteiger partial charge in [0.25, 0.3) is 0 Å². The standard InChI is InChI=1S/C19H21FN4O2/c1-13(25)24-11-8-17-16(12-24)18(26-15-6-4-14(20)5-7-15)22-19(21-17)23-9-2-3-10-23/h4-7H,2-3,8-12H2,1H3. The molecule has 1 aromatic heterocycles. The Morgan fingerprint density at radius 3 is 2.54 bits per heavy atom. The molecule has 0 aliphatic carbocycles. The fourth-order valence-corrected chi connectivity index (χ4v) is 3.40. The van der Waals surface area contributed by atoms with Gasteiger partial charge < -0.3 is 14.5 Å². The van der Waals surface area contributed by atoms with Gasteiger partial charge in [-0.15, -0.1) is 0 Å². The lowest BCUT2D eigenvalue weighted by Crippen LogP contribution is -2.35. The van der Waals surface area contributed by atoms with Crippen molar-refractivity contribution in [2.75, 3.05) is 24.5 Å². The predicted molar refractivity (Wildman–Crippen MR) is 94.7 cm³/mol. The monoisotopic (exact) mass is 356 g/mol. The van der Waals surface area contributed by atoms with Crippen LogP contribution < -0.4 is 9.64 Å². The quantitative estimate of drug-likeness (QED) is 0.846. The number of hydrogen-bond acceptors (Lipinski definition) is 5. The number of halogens is 1. The summed E-state index contributed by atoms with van der Waals surface area (Å²) in [5.74, 6) is 1.35. The fraction of sp³-hybridized carbons (Fsp3) is 0.421. The predicted octanol–water partition coefficient (Wildman–Crippen LogP) is 2.91. The molecule has 4 rings (SSSR count). The van der Waals surface area contributed by atoms with E-state index in [2.05, 4.69) is 9.88 Å². The first kappa shape index (κ1) is 16.8. The molecule has 0 N–H and O–H groups in total. The van der Waals surface area contributed by atoms with Gasteiger partial charge in [0, 0.05) is 33.0 Å². The maximum Gasteiger partial charge on any atom is 0.229 e. The van der Waals surface area contributed by atoms with Crippen molar-refractivity contribution in [2.24, 2.45) is 0 Å². The van der Waals surface area contributed by atoms with Crippen LogP contribution in [0.1, 0.15) is 31.0 Å². The molecule has 2 aromatic rings. The van der Waals surface area contributed by atoms with Crippen LogP contribution in [0.2, 0.25) is 0 Å². The van der Waals surface area contributed by atoms with Crippen LogP contribution in [-0.2, 0) is 17.8 Å². The summed E-state index contributed by atoms with van der Waals surface area (Å²) in [4.78, 5) is 25.1. The maximum atomic E-state index is 13.2. The molecule has 26 heavy (non-hydrogen) atoms. The molecule has 3 heterocycles. The number of carbonyl (C=O) groups is 1. The van der Waals surface area contributed by atoms with Gasteiger partial charge in [-0.1, -0.05) is 0 Å². The molecule has 7 heteroatoms. The van der Waals surface area contributed by atoms with Gasteiger partial charge in [0.2, 0.25) is 17.7 Å². The van der Waals surface area contributed by atoms with Crippen molar-refractivity contribution in [3.8, 4) is 11.6 Å². The molecule has 2 aliphatic rings. The number of nitrogens with zero attached hydrogens (tertiary/aromatic N) is 4. The number of ether oxygens (including phenoxy) is 1. The summed E-state index contributed by atoms with van der Waals surface area (Å²) < 4.78 is 19.2. The van der Waals surface area contributed by atoms with Crippen molar-refractivity contribution in [2.45, 2.75) is 32.7 Å². The van der Waals surface area contributed by atoms with Crippen LogP contribution in [0.4, 0.5) is 10.3 Å². The Labute approximate surface area is 151 Å². The number of amides is 1. The first-order valence-corrected chi connectivity index (χ1v) is 8.94. The lowest BCUT2D eigenvalue weighted by atomic mass is 10.1. The highest BCUT2D eigenvalue weighted by atomic mass is 19.1. The average molecular weight is 356 g/mol. The van der Waals surface area contributed by atoms with E-state index in [1.807, 2.05) is 0 Å². The number of fused-ring (bicyclic) bond motifs is 1. The Kier molecular flexibility index (Phi) is 4.44. The van der Waals surface area contributed by atoms with Gasteiger partial charge in [0.1, 0.15) is 11.6 Å². The topological polar surface area (TPSA) is 58.6 Å². The highest BCUT2D eigenvalue weighted by Crippen LogP contribution is 2.32. The van der Waals surface area contributed by atoms with E-state index in [0.717, 1.165) is 37.2 Å². The van der Waals surface area contributed by atoms with E-state index >= 15 is 0 Å². The minimum atomic E-state index is -0.317. The van der Waals surface area contributed by atoms with Crippen LogP contribution in [0.3, 0.4) is 0 Å². The molecular weight excluding hydrogens is 335 g/mol. The minimum absolute atomic E-state index is 0.0204. The van der Waals surface area contributed by atoms with Crippen LogP contribution in [-0.4, -0.2) is 40.4 Å². The zero-order chi connectivity index (χ0) is 18.1. The third-order valence-electron chi connectivity index (χ3n) is 4.87. The van der Waals surface area contributed by atoms with Crippen LogP contribution >= 0.6 is 0 Å². The molecule has 2 aliphatic heterocycles. The molecule has 0 atom stereocenters. The lowest BCUT2D eigenvalue weighted by molar-refractivity contribution is -0.129. The molecule has 1 saturated heterocycles. The van der Waals surface area contributed by atoms with E-state index in [1.165, 1.54) is 12.1 Å². The zero-order valence-corrected chi connectivity index (χ0v) is 14.7. The summed E-state index contributed by atoms with van der Waals surface area (Å²) in [6.45, 7) is 4.52. The fourth-order valence-electron chi connectivity index (χ4n) is 3.40. The first-order chi connectivity index (χ1) is 12.6. The molecule has 0 saturated carbocycles. The Bertz CT molecular complexity index is 819. The molecule has 0 spiro atoms. The number of benzene rings is 1. The molecule has 6 nitrogen and oxygen atoms in total. The van der Waals surface area contributed by atoms with Gasteiger partial charge in [-0.2, -0.15) is 4.98 Å². The first-order valence-electron chi connectivity index (χ1n) is 8.94. The normalized spacial score (nSPS) is 16.5. The third-order valence-corrected chi connectivity index (χ3v) is 4.87. The van der Waals surface area contributed by atoms with Crippen molar-refractivity contribution in [1.82, 2.24) is 14.9 Å². The van der Waals surface area contributed by atoms with Gasteiger partial charge in [0.15, 0.2) is 0 Å². The molecule has 0 unspecified atom stereocenters. The van der Waals surface area contributed by atoms with E-state index in [9.17, 15) is 9.18 Å². The summed E-state index contributed by atoms with van der Waals surface area (Å²) in [5.41, 5.74) is 1.76. The van der Waals surface area contributed by atoms with Crippen molar-refractivity contribution in [3.63, 3.8) is 0 Å². The Morgan fingerprint density at radius 1 is 1.12 bits per heavy atom. The second-order valence-electron chi connectivity index (χ2n) is 6.69. The molecule has 136 valence electrons. The molecule has 1 amide bonds. The lowest BCUT2D eigenvalue weighted by Gasteiger charge is -2.29. The number of aromatic nitrogens is 2. The maximum absolute atomic E-state index is 13.2. The highest BCUT2D eigenvalue weighted by molar-refractivity contribution is 5.73. The molecular formula is C19H21FN4O2. The van der Waals surface area contributed by atoms with E-state index < -0.39 is 0 Å². The van der Waals surface area contributed by atoms with Crippen LogP contribution in [0.5, 0.6) is 11.6 Å². The van der Waals surface area contributed by atoms with Crippen molar-refractivity contribution in [1.29, 1.82) is 0 Å². The van der Waals surface area contributed by atoms with Gasteiger partial charge in [-0.05, 0) is 37.1 Å². The van der Waals surface area contributed by atoms with E-state index in [4.69, 9.17) is 9.72 Å². The van der Waals surface area contributed by atoms with E-state index in [1.54, 1.807) is 24.0 Å². The van der Waals surface area contributed by atoms with Crippen LogP contribution in [0.15, 0.2) is 24.3 Å². The molecule has 0 radical (unpaired) electrons. The SMILES string of the molecule is CC(=O)N1CCc2nc(N3CCCC3)nc(Oc3ccc(F)cc3)c2C1. The van der Waals surface area contributed by atoms with Crippen LogP contribution in [0, 0.1) is 5.82 Å². The van der Waals surface area contributed by atoms with Gasteiger partial charge >= 0.3 is 0 Å². The van der Waals surface area contributed by atoms with Gasteiger partial charge in [0.05, 0.1) is 17.8 Å². The van der Waals surface area contributed by atoms with E-state index in [0.29, 0.717) is 37.1 Å². The van der Waals surface area contributed by atoms with Crippen LogP contribution in [0.25, 0.3) is 0 Å². The Hall–Kier alpha value is -2.70. The number of anilines is 1. The Balaban J connectivity index is 1.72.